The van der Waals surface area contributed by atoms with E-state index in [2.05, 4.69) is 12.0 Å². The number of benzene rings is 1. The summed E-state index contributed by atoms with van der Waals surface area (Å²) >= 11 is 5.96. The van der Waals surface area contributed by atoms with Crippen molar-refractivity contribution in [1.82, 2.24) is 9.78 Å². The number of anilines is 1. The summed E-state index contributed by atoms with van der Waals surface area (Å²) in [5.41, 5.74) is 8.44. The van der Waals surface area contributed by atoms with E-state index in [1.165, 1.54) is 0 Å². The molecule has 17 heavy (non-hydrogen) atoms. The van der Waals surface area contributed by atoms with E-state index in [9.17, 15) is 0 Å². The molecule has 0 aliphatic heterocycles. The molecule has 0 bridgehead atoms. The third-order valence-corrected chi connectivity index (χ3v) is 2.86. The van der Waals surface area contributed by atoms with Crippen molar-refractivity contribution in [3.63, 3.8) is 0 Å². The van der Waals surface area contributed by atoms with Crippen molar-refractivity contribution in [2.75, 3.05) is 5.73 Å². The van der Waals surface area contributed by atoms with Gasteiger partial charge in [-0.1, -0.05) is 37.1 Å². The SMILES string of the molecule is CCCCn1cc(N)c(-c2cccc(Cl)c2)n1. The monoisotopic (exact) mass is 249 g/mol. The minimum absolute atomic E-state index is 0.698. The fourth-order valence-corrected chi connectivity index (χ4v) is 1.92. The molecule has 0 saturated heterocycles. The van der Waals surface area contributed by atoms with E-state index >= 15 is 0 Å². The van der Waals surface area contributed by atoms with Gasteiger partial charge in [-0.3, -0.25) is 4.68 Å². The Morgan fingerprint density at radius 3 is 2.94 bits per heavy atom. The lowest BCUT2D eigenvalue weighted by molar-refractivity contribution is 0.573. The van der Waals surface area contributed by atoms with E-state index in [0.717, 1.165) is 30.6 Å². The Labute approximate surface area is 106 Å². The molecule has 1 aromatic heterocycles. The lowest BCUT2D eigenvalue weighted by Crippen LogP contribution is -1.97. The van der Waals surface area contributed by atoms with Crippen LogP contribution in [0.1, 0.15) is 19.8 Å². The van der Waals surface area contributed by atoms with Crippen molar-refractivity contribution >= 4 is 17.3 Å². The molecule has 0 atom stereocenters. The summed E-state index contributed by atoms with van der Waals surface area (Å²) in [7, 11) is 0. The van der Waals surface area contributed by atoms with Crippen LogP contribution in [0.25, 0.3) is 11.3 Å². The van der Waals surface area contributed by atoms with Crippen molar-refractivity contribution in [3.05, 3.63) is 35.5 Å². The summed E-state index contributed by atoms with van der Waals surface area (Å²) in [6, 6.07) is 7.59. The van der Waals surface area contributed by atoms with Crippen molar-refractivity contribution in [2.45, 2.75) is 26.3 Å². The van der Waals surface area contributed by atoms with Gasteiger partial charge in [0.15, 0.2) is 0 Å². The van der Waals surface area contributed by atoms with E-state index in [1.54, 1.807) is 0 Å². The Balaban J connectivity index is 2.29. The molecule has 0 aliphatic rings. The molecule has 4 heteroatoms. The van der Waals surface area contributed by atoms with Gasteiger partial charge in [0, 0.05) is 23.3 Å². The van der Waals surface area contributed by atoms with Crippen LogP contribution in [-0.2, 0) is 6.54 Å². The van der Waals surface area contributed by atoms with Crippen LogP contribution in [0.4, 0.5) is 5.69 Å². The third-order valence-electron chi connectivity index (χ3n) is 2.63. The molecule has 0 radical (unpaired) electrons. The maximum Gasteiger partial charge on any atom is 0.115 e. The lowest BCUT2D eigenvalue weighted by atomic mass is 10.1. The molecule has 0 unspecified atom stereocenters. The lowest BCUT2D eigenvalue weighted by Gasteiger charge is -1.99. The summed E-state index contributed by atoms with van der Waals surface area (Å²) in [6.45, 7) is 3.06. The number of aromatic nitrogens is 2. The highest BCUT2D eigenvalue weighted by Gasteiger charge is 2.08. The second-order valence-corrected chi connectivity index (χ2v) is 4.50. The minimum atomic E-state index is 0.698. The highest BCUT2D eigenvalue weighted by atomic mass is 35.5. The Morgan fingerprint density at radius 2 is 2.24 bits per heavy atom. The van der Waals surface area contributed by atoms with Crippen molar-refractivity contribution < 1.29 is 0 Å². The minimum Gasteiger partial charge on any atom is -0.396 e. The first-order valence-electron chi connectivity index (χ1n) is 5.79. The third kappa shape index (κ3) is 2.80. The fourth-order valence-electron chi connectivity index (χ4n) is 1.73. The molecule has 1 heterocycles. The van der Waals surface area contributed by atoms with Crippen LogP contribution >= 0.6 is 11.6 Å². The van der Waals surface area contributed by atoms with Gasteiger partial charge in [-0.25, -0.2) is 0 Å². The number of nitrogens with zero attached hydrogens (tertiary/aromatic N) is 2. The average molecular weight is 250 g/mol. The van der Waals surface area contributed by atoms with Crippen LogP contribution in [0.15, 0.2) is 30.5 Å². The summed E-state index contributed by atoms with van der Waals surface area (Å²) in [6.07, 6.45) is 4.13. The molecule has 0 saturated carbocycles. The summed E-state index contributed by atoms with van der Waals surface area (Å²) in [4.78, 5) is 0. The molecule has 0 amide bonds. The molecular weight excluding hydrogens is 234 g/mol. The highest BCUT2D eigenvalue weighted by Crippen LogP contribution is 2.26. The zero-order valence-corrected chi connectivity index (χ0v) is 10.6. The zero-order valence-electron chi connectivity index (χ0n) is 9.86. The molecule has 2 N–H and O–H groups in total. The average Bonchev–Trinajstić information content (AvgIpc) is 2.68. The first-order valence-corrected chi connectivity index (χ1v) is 6.17. The van der Waals surface area contributed by atoms with Gasteiger partial charge in [0.1, 0.15) is 5.69 Å². The number of hydrogen-bond donors (Lipinski definition) is 1. The number of nitrogens with two attached hydrogens (primary N) is 1. The smallest absolute Gasteiger partial charge is 0.115 e. The first-order chi connectivity index (χ1) is 8.20. The van der Waals surface area contributed by atoms with Gasteiger partial charge in [-0.15, -0.1) is 0 Å². The maximum atomic E-state index is 5.97. The van der Waals surface area contributed by atoms with Crippen LogP contribution in [0.5, 0.6) is 0 Å². The van der Waals surface area contributed by atoms with Gasteiger partial charge in [-0.2, -0.15) is 5.10 Å². The highest BCUT2D eigenvalue weighted by molar-refractivity contribution is 6.30. The van der Waals surface area contributed by atoms with E-state index in [4.69, 9.17) is 17.3 Å². The van der Waals surface area contributed by atoms with Crippen molar-refractivity contribution in [2.24, 2.45) is 0 Å². The molecule has 0 fully saturated rings. The first kappa shape index (κ1) is 12.0. The number of unbranched alkanes of at least 4 members (excludes halogenated alkanes) is 1. The van der Waals surface area contributed by atoms with E-state index in [1.807, 2.05) is 35.1 Å². The van der Waals surface area contributed by atoms with Gasteiger partial charge < -0.3 is 5.73 Å². The predicted octanol–water partition coefficient (Wildman–Crippen LogP) is 3.59. The van der Waals surface area contributed by atoms with Crippen LogP contribution in [0.2, 0.25) is 5.02 Å². The number of rotatable bonds is 4. The van der Waals surface area contributed by atoms with Gasteiger partial charge in [-0.05, 0) is 18.6 Å². The van der Waals surface area contributed by atoms with Crippen molar-refractivity contribution in [3.8, 4) is 11.3 Å². The van der Waals surface area contributed by atoms with E-state index in [-0.39, 0.29) is 0 Å². The molecule has 90 valence electrons. The largest absolute Gasteiger partial charge is 0.396 e. The fraction of sp³-hybridized carbons (Fsp3) is 0.308. The molecule has 0 spiro atoms. The van der Waals surface area contributed by atoms with E-state index in [0.29, 0.717) is 10.7 Å². The predicted molar refractivity (Wildman–Crippen MR) is 72.0 cm³/mol. The Morgan fingerprint density at radius 1 is 1.41 bits per heavy atom. The quantitative estimate of drug-likeness (QED) is 0.900. The standard InChI is InChI=1S/C13H16ClN3/c1-2-3-7-17-9-12(15)13(16-17)10-5-4-6-11(14)8-10/h4-6,8-9H,2-3,7,15H2,1H3. The normalized spacial score (nSPS) is 10.7. The Kier molecular flexibility index (Phi) is 3.69. The van der Waals surface area contributed by atoms with Gasteiger partial charge in [0.2, 0.25) is 0 Å². The van der Waals surface area contributed by atoms with Gasteiger partial charge >= 0.3 is 0 Å². The molecule has 2 rings (SSSR count). The Hall–Kier alpha value is -1.48. The number of hydrogen-bond acceptors (Lipinski definition) is 2. The topological polar surface area (TPSA) is 43.8 Å². The molecular formula is C13H16ClN3. The van der Waals surface area contributed by atoms with Crippen LogP contribution < -0.4 is 5.73 Å². The second-order valence-electron chi connectivity index (χ2n) is 4.06. The van der Waals surface area contributed by atoms with Crippen molar-refractivity contribution in [1.29, 1.82) is 0 Å². The molecule has 3 nitrogen and oxygen atoms in total. The second kappa shape index (κ2) is 5.23. The zero-order chi connectivity index (χ0) is 12.3. The summed E-state index contributed by atoms with van der Waals surface area (Å²) in [5.74, 6) is 0. The maximum absolute atomic E-state index is 5.97. The molecule has 2 aromatic rings. The number of aryl methyl sites for hydroxylation is 1. The van der Waals surface area contributed by atoms with Gasteiger partial charge in [0.05, 0.1) is 5.69 Å². The van der Waals surface area contributed by atoms with Crippen LogP contribution in [-0.4, -0.2) is 9.78 Å². The summed E-state index contributed by atoms with van der Waals surface area (Å²) in [5, 5.41) is 5.19. The molecule has 1 aromatic carbocycles. The Bertz CT molecular complexity index is 505. The molecule has 0 aliphatic carbocycles. The van der Waals surface area contributed by atoms with Gasteiger partial charge in [0.25, 0.3) is 0 Å². The number of nitrogen functional groups attached to an aromatic ring is 1. The summed E-state index contributed by atoms with van der Waals surface area (Å²) < 4.78 is 1.90. The van der Waals surface area contributed by atoms with Crippen LogP contribution in [0, 0.1) is 0 Å². The van der Waals surface area contributed by atoms with Crippen LogP contribution in [0.3, 0.4) is 0 Å². The van der Waals surface area contributed by atoms with E-state index < -0.39 is 0 Å². The number of halogens is 1.